The normalized spacial score (nSPS) is 11.8. The molecule has 0 radical (unpaired) electrons. The van der Waals surface area contributed by atoms with Crippen molar-refractivity contribution in [2.45, 2.75) is 46.2 Å². The lowest BCUT2D eigenvalue weighted by molar-refractivity contribution is -0.140. The van der Waals surface area contributed by atoms with Gasteiger partial charge in [-0.1, -0.05) is 97.7 Å². The molecule has 4 nitrogen and oxygen atoms in total. The molecule has 0 heterocycles. The van der Waals surface area contributed by atoms with Gasteiger partial charge in [-0.3, -0.25) is 9.59 Å². The molecule has 0 aromatic heterocycles. The van der Waals surface area contributed by atoms with Gasteiger partial charge in [-0.2, -0.15) is 0 Å². The first-order chi connectivity index (χ1) is 16.3. The van der Waals surface area contributed by atoms with Gasteiger partial charge in [-0.05, 0) is 41.7 Å². The molecule has 1 atom stereocenters. The van der Waals surface area contributed by atoms with Crippen LogP contribution < -0.4 is 5.32 Å². The Labute approximate surface area is 207 Å². The largest absolute Gasteiger partial charge is 0.354 e. The van der Waals surface area contributed by atoms with E-state index in [1.807, 2.05) is 79.7 Å². The fourth-order valence-electron chi connectivity index (χ4n) is 3.91. The van der Waals surface area contributed by atoms with Crippen molar-refractivity contribution in [1.29, 1.82) is 0 Å². The molecule has 0 saturated carbocycles. The molecule has 3 aromatic carbocycles. The quantitative estimate of drug-likeness (QED) is 0.414. The van der Waals surface area contributed by atoms with Crippen LogP contribution in [-0.2, 0) is 29.0 Å². The Hall–Kier alpha value is -3.11. The van der Waals surface area contributed by atoms with Gasteiger partial charge in [0, 0.05) is 24.5 Å². The highest BCUT2D eigenvalue weighted by atomic mass is 35.5. The van der Waals surface area contributed by atoms with E-state index in [1.165, 1.54) is 0 Å². The van der Waals surface area contributed by atoms with Crippen LogP contribution in [0, 0.1) is 12.8 Å². The van der Waals surface area contributed by atoms with Crippen LogP contribution in [0.4, 0.5) is 0 Å². The third kappa shape index (κ3) is 7.74. The van der Waals surface area contributed by atoms with Gasteiger partial charge < -0.3 is 10.2 Å². The predicted molar refractivity (Wildman–Crippen MR) is 139 cm³/mol. The zero-order valence-electron chi connectivity index (χ0n) is 20.1. The molecule has 0 aliphatic heterocycles. The molecule has 3 aromatic rings. The van der Waals surface area contributed by atoms with E-state index in [9.17, 15) is 9.59 Å². The van der Waals surface area contributed by atoms with E-state index in [0.29, 0.717) is 30.5 Å². The van der Waals surface area contributed by atoms with Gasteiger partial charge in [-0.15, -0.1) is 0 Å². The lowest BCUT2D eigenvalue weighted by atomic mass is 10.0. The number of amides is 2. The number of nitrogens with one attached hydrogen (secondary N) is 1. The monoisotopic (exact) mass is 476 g/mol. The molecule has 3 rings (SSSR count). The van der Waals surface area contributed by atoms with E-state index in [0.717, 1.165) is 22.3 Å². The van der Waals surface area contributed by atoms with Gasteiger partial charge in [0.1, 0.15) is 6.04 Å². The lowest BCUT2D eigenvalue weighted by Crippen LogP contribution is -2.51. The van der Waals surface area contributed by atoms with Crippen LogP contribution in [-0.4, -0.2) is 29.3 Å². The zero-order chi connectivity index (χ0) is 24.5. The van der Waals surface area contributed by atoms with Gasteiger partial charge in [0.05, 0.1) is 6.42 Å². The molecular formula is C29H33ClN2O2. The van der Waals surface area contributed by atoms with Crippen molar-refractivity contribution in [3.63, 3.8) is 0 Å². The van der Waals surface area contributed by atoms with E-state index in [1.54, 1.807) is 11.0 Å². The van der Waals surface area contributed by atoms with Crippen LogP contribution in [0.3, 0.4) is 0 Å². The Balaban J connectivity index is 1.96. The lowest BCUT2D eigenvalue weighted by Gasteiger charge is -2.32. The molecule has 0 aliphatic rings. The summed E-state index contributed by atoms with van der Waals surface area (Å²) in [7, 11) is 0. The van der Waals surface area contributed by atoms with Gasteiger partial charge in [0.15, 0.2) is 0 Å². The maximum absolute atomic E-state index is 13.7. The average Bonchev–Trinajstić information content (AvgIpc) is 2.80. The third-order valence-corrected chi connectivity index (χ3v) is 5.87. The van der Waals surface area contributed by atoms with Gasteiger partial charge in [0.25, 0.3) is 0 Å². The first-order valence-corrected chi connectivity index (χ1v) is 12.1. The van der Waals surface area contributed by atoms with Gasteiger partial charge in [-0.25, -0.2) is 0 Å². The number of hydrogen-bond acceptors (Lipinski definition) is 2. The highest BCUT2D eigenvalue weighted by Crippen LogP contribution is 2.19. The van der Waals surface area contributed by atoms with Gasteiger partial charge >= 0.3 is 0 Å². The molecule has 5 heteroatoms. The zero-order valence-corrected chi connectivity index (χ0v) is 20.9. The van der Waals surface area contributed by atoms with Crippen LogP contribution in [0.2, 0.25) is 5.02 Å². The molecule has 0 unspecified atom stereocenters. The molecule has 178 valence electrons. The van der Waals surface area contributed by atoms with E-state index >= 15 is 0 Å². The number of carbonyl (C=O) groups excluding carboxylic acids is 2. The first-order valence-electron chi connectivity index (χ1n) is 11.7. The maximum Gasteiger partial charge on any atom is 0.243 e. The summed E-state index contributed by atoms with van der Waals surface area (Å²) in [5.41, 5.74) is 3.93. The number of halogens is 1. The first kappa shape index (κ1) is 25.5. The number of nitrogens with zero attached hydrogens (tertiary/aromatic N) is 1. The van der Waals surface area contributed by atoms with Crippen molar-refractivity contribution in [2.24, 2.45) is 5.92 Å². The van der Waals surface area contributed by atoms with Crippen LogP contribution in [0.5, 0.6) is 0 Å². The summed E-state index contributed by atoms with van der Waals surface area (Å²) in [6.07, 6.45) is 0.663. The Morgan fingerprint density at radius 1 is 0.882 bits per heavy atom. The van der Waals surface area contributed by atoms with Crippen LogP contribution in [0.25, 0.3) is 0 Å². The van der Waals surface area contributed by atoms with E-state index < -0.39 is 6.04 Å². The van der Waals surface area contributed by atoms with E-state index in [2.05, 4.69) is 19.2 Å². The summed E-state index contributed by atoms with van der Waals surface area (Å²) in [4.78, 5) is 28.8. The summed E-state index contributed by atoms with van der Waals surface area (Å²) in [5, 5.41) is 3.65. The third-order valence-electron chi connectivity index (χ3n) is 5.64. The topological polar surface area (TPSA) is 49.4 Å². The molecule has 0 bridgehead atoms. The minimum atomic E-state index is -0.641. The number of aryl methyl sites for hydroxylation is 1. The average molecular weight is 477 g/mol. The van der Waals surface area contributed by atoms with E-state index in [4.69, 9.17) is 11.6 Å². The minimum absolute atomic E-state index is 0.0915. The smallest absolute Gasteiger partial charge is 0.243 e. The second-order valence-corrected chi connectivity index (χ2v) is 9.60. The molecular weight excluding hydrogens is 444 g/mol. The fourth-order valence-corrected chi connectivity index (χ4v) is 4.12. The summed E-state index contributed by atoms with van der Waals surface area (Å²) >= 11 is 6.23. The molecule has 0 spiro atoms. The van der Waals surface area contributed by atoms with Crippen molar-refractivity contribution in [1.82, 2.24) is 10.2 Å². The van der Waals surface area contributed by atoms with Crippen LogP contribution in [0.1, 0.15) is 36.1 Å². The molecule has 0 fully saturated rings. The number of benzene rings is 3. The van der Waals surface area contributed by atoms with Crippen LogP contribution >= 0.6 is 11.6 Å². The standard InChI is InChI=1S/C29H33ClN2O2/c1-21(2)19-31-29(34)27(17-23-10-5-4-6-11-23)32(20-25-13-8-14-26(30)16-25)28(33)18-24-12-7-9-22(3)15-24/h4-16,21,27H,17-20H2,1-3H3,(H,31,34)/t27-/m0/s1. The predicted octanol–water partition coefficient (Wildman–Crippen LogP) is 5.60. The van der Waals surface area contributed by atoms with E-state index in [-0.39, 0.29) is 18.2 Å². The second kappa shape index (κ2) is 12.4. The summed E-state index contributed by atoms with van der Waals surface area (Å²) in [5.74, 6) is 0.0778. The highest BCUT2D eigenvalue weighted by molar-refractivity contribution is 6.30. The van der Waals surface area contributed by atoms with Crippen molar-refractivity contribution in [3.8, 4) is 0 Å². The van der Waals surface area contributed by atoms with Crippen LogP contribution in [0.15, 0.2) is 78.9 Å². The SMILES string of the molecule is Cc1cccc(CC(=O)N(Cc2cccc(Cl)c2)[C@@H](Cc2ccccc2)C(=O)NCC(C)C)c1. The second-order valence-electron chi connectivity index (χ2n) is 9.16. The molecule has 2 amide bonds. The summed E-state index contributed by atoms with van der Waals surface area (Å²) in [6.45, 7) is 6.98. The fraction of sp³-hybridized carbons (Fsp3) is 0.310. The summed E-state index contributed by atoms with van der Waals surface area (Å²) in [6, 6.07) is 24.6. The number of rotatable bonds is 10. The Kier molecular flexibility index (Phi) is 9.29. The van der Waals surface area contributed by atoms with Crippen molar-refractivity contribution >= 4 is 23.4 Å². The number of carbonyl (C=O) groups is 2. The summed E-state index contributed by atoms with van der Waals surface area (Å²) < 4.78 is 0. The maximum atomic E-state index is 13.7. The molecule has 0 aliphatic carbocycles. The van der Waals surface area contributed by atoms with Crippen molar-refractivity contribution in [2.75, 3.05) is 6.54 Å². The molecule has 1 N–H and O–H groups in total. The number of hydrogen-bond donors (Lipinski definition) is 1. The Bertz CT molecular complexity index is 1100. The minimum Gasteiger partial charge on any atom is -0.354 e. The highest BCUT2D eigenvalue weighted by Gasteiger charge is 2.30. The van der Waals surface area contributed by atoms with Gasteiger partial charge in [0.2, 0.25) is 11.8 Å². The van der Waals surface area contributed by atoms with Crippen molar-refractivity contribution in [3.05, 3.63) is 106 Å². The van der Waals surface area contributed by atoms with Crippen molar-refractivity contribution < 1.29 is 9.59 Å². The molecule has 34 heavy (non-hydrogen) atoms. The Morgan fingerprint density at radius 3 is 2.24 bits per heavy atom. The Morgan fingerprint density at radius 2 is 1.56 bits per heavy atom. The molecule has 0 saturated heterocycles.